The van der Waals surface area contributed by atoms with Gasteiger partial charge in [-0.3, -0.25) is 9.80 Å². The van der Waals surface area contributed by atoms with Crippen LogP contribution in [0, 0.1) is 11.8 Å². The van der Waals surface area contributed by atoms with Gasteiger partial charge in [-0.25, -0.2) is 0 Å². The lowest BCUT2D eigenvalue weighted by molar-refractivity contribution is -0.0198. The van der Waals surface area contributed by atoms with Gasteiger partial charge >= 0.3 is 0 Å². The smallest absolute Gasteiger partial charge is 0.0125 e. The van der Waals surface area contributed by atoms with Crippen molar-refractivity contribution in [2.24, 2.45) is 11.8 Å². The summed E-state index contributed by atoms with van der Waals surface area (Å²) in [5.74, 6) is 1.88. The minimum Gasteiger partial charge on any atom is -0.298 e. The van der Waals surface area contributed by atoms with E-state index >= 15 is 0 Å². The van der Waals surface area contributed by atoms with Gasteiger partial charge in [0.05, 0.1) is 0 Å². The average Bonchev–Trinajstić information content (AvgIpc) is 2.25. The normalized spacial score (nSPS) is 32.3. The monoisotopic (exact) mass is 252 g/mol. The van der Waals surface area contributed by atoms with E-state index in [1.807, 2.05) is 0 Å². The van der Waals surface area contributed by atoms with Crippen LogP contribution in [0.5, 0.6) is 0 Å². The Morgan fingerprint density at radius 2 is 1.00 bits per heavy atom. The standard InChI is InChI=1S/C16H32N2/c1-15(2,3)17-9-7-14-12-18(16(4,5)6)10-8-13(14)11-17/h13-14H,7-12H2,1-6H3. The van der Waals surface area contributed by atoms with Crippen LogP contribution in [-0.2, 0) is 0 Å². The van der Waals surface area contributed by atoms with E-state index < -0.39 is 0 Å². The molecule has 2 heteroatoms. The molecule has 0 aromatic heterocycles. The molecular formula is C16H32N2. The molecule has 0 bridgehead atoms. The van der Waals surface area contributed by atoms with Crippen molar-refractivity contribution in [3.63, 3.8) is 0 Å². The molecule has 0 amide bonds. The molecule has 0 spiro atoms. The molecule has 2 saturated heterocycles. The summed E-state index contributed by atoms with van der Waals surface area (Å²) in [5, 5.41) is 0. The van der Waals surface area contributed by atoms with Crippen LogP contribution >= 0.6 is 0 Å². The maximum atomic E-state index is 2.70. The Bertz CT molecular complexity index is 254. The van der Waals surface area contributed by atoms with Crippen molar-refractivity contribution < 1.29 is 0 Å². The van der Waals surface area contributed by atoms with E-state index in [2.05, 4.69) is 51.3 Å². The summed E-state index contributed by atoms with van der Waals surface area (Å²) in [6.07, 6.45) is 2.79. The molecule has 2 rings (SSSR count). The fourth-order valence-electron chi connectivity index (χ4n) is 3.56. The summed E-state index contributed by atoms with van der Waals surface area (Å²) < 4.78 is 0. The van der Waals surface area contributed by atoms with Crippen LogP contribution in [0.3, 0.4) is 0 Å². The highest BCUT2D eigenvalue weighted by Gasteiger charge is 2.39. The Kier molecular flexibility index (Phi) is 3.81. The first-order valence-corrected chi connectivity index (χ1v) is 7.68. The van der Waals surface area contributed by atoms with Gasteiger partial charge in [0.25, 0.3) is 0 Å². The SMILES string of the molecule is CC(C)(C)N1CCC2CN(C(C)(C)C)CCC2C1. The first-order chi connectivity index (χ1) is 8.18. The van der Waals surface area contributed by atoms with Gasteiger partial charge in [0, 0.05) is 24.2 Å². The van der Waals surface area contributed by atoms with Crippen LogP contribution in [0.2, 0.25) is 0 Å². The van der Waals surface area contributed by atoms with Gasteiger partial charge in [-0.05, 0) is 79.3 Å². The molecule has 2 atom stereocenters. The lowest BCUT2D eigenvalue weighted by atomic mass is 9.78. The molecule has 2 fully saturated rings. The summed E-state index contributed by atoms with van der Waals surface area (Å²) in [6, 6.07) is 0. The van der Waals surface area contributed by atoms with E-state index in [4.69, 9.17) is 0 Å². The van der Waals surface area contributed by atoms with Crippen LogP contribution in [0.25, 0.3) is 0 Å². The highest BCUT2D eigenvalue weighted by Crippen LogP contribution is 2.35. The second-order valence-corrected chi connectivity index (χ2v) is 8.33. The first kappa shape index (κ1) is 14.3. The highest BCUT2D eigenvalue weighted by atomic mass is 15.2. The fraction of sp³-hybridized carbons (Fsp3) is 1.00. The molecule has 0 radical (unpaired) electrons. The molecule has 2 heterocycles. The van der Waals surface area contributed by atoms with Crippen molar-refractivity contribution in [1.82, 2.24) is 9.80 Å². The summed E-state index contributed by atoms with van der Waals surface area (Å²) in [7, 11) is 0. The third-order valence-corrected chi connectivity index (χ3v) is 5.01. The molecule has 2 unspecified atom stereocenters. The summed E-state index contributed by atoms with van der Waals surface area (Å²) in [4.78, 5) is 5.39. The van der Waals surface area contributed by atoms with Gasteiger partial charge in [0.2, 0.25) is 0 Å². The largest absolute Gasteiger partial charge is 0.298 e. The second kappa shape index (κ2) is 4.79. The Balaban J connectivity index is 1.96. The first-order valence-electron chi connectivity index (χ1n) is 7.68. The lowest BCUT2D eigenvalue weighted by Crippen LogP contribution is -2.56. The van der Waals surface area contributed by atoms with Gasteiger partial charge in [-0.2, -0.15) is 0 Å². The van der Waals surface area contributed by atoms with E-state index in [-0.39, 0.29) is 0 Å². The van der Waals surface area contributed by atoms with E-state index in [1.165, 1.54) is 39.0 Å². The van der Waals surface area contributed by atoms with Crippen LogP contribution in [0.1, 0.15) is 54.4 Å². The molecule has 2 aliphatic heterocycles. The van der Waals surface area contributed by atoms with E-state index in [0.29, 0.717) is 11.1 Å². The van der Waals surface area contributed by atoms with Crippen molar-refractivity contribution in [3.8, 4) is 0 Å². The zero-order valence-corrected chi connectivity index (χ0v) is 13.3. The topological polar surface area (TPSA) is 6.48 Å². The zero-order chi connectivity index (χ0) is 13.6. The van der Waals surface area contributed by atoms with Gasteiger partial charge in [-0.1, -0.05) is 0 Å². The molecule has 0 N–H and O–H groups in total. The maximum absolute atomic E-state index is 2.70. The zero-order valence-electron chi connectivity index (χ0n) is 13.3. The minimum absolute atomic E-state index is 0.353. The van der Waals surface area contributed by atoms with Gasteiger partial charge < -0.3 is 0 Å². The van der Waals surface area contributed by atoms with Gasteiger partial charge in [0.1, 0.15) is 0 Å². The lowest BCUT2D eigenvalue weighted by Gasteiger charge is -2.51. The van der Waals surface area contributed by atoms with E-state index in [9.17, 15) is 0 Å². The van der Waals surface area contributed by atoms with Crippen LogP contribution in [0.15, 0.2) is 0 Å². The Labute approximate surface area is 114 Å². The number of hydrogen-bond donors (Lipinski definition) is 0. The van der Waals surface area contributed by atoms with E-state index in [0.717, 1.165) is 11.8 Å². The Morgan fingerprint density at radius 1 is 0.667 bits per heavy atom. The summed E-state index contributed by atoms with van der Waals surface area (Å²) in [5.41, 5.74) is 0.707. The molecule has 2 aliphatic rings. The van der Waals surface area contributed by atoms with Crippen LogP contribution in [0.4, 0.5) is 0 Å². The van der Waals surface area contributed by atoms with Crippen molar-refractivity contribution in [1.29, 1.82) is 0 Å². The number of fused-ring (bicyclic) bond motifs is 1. The van der Waals surface area contributed by atoms with Crippen LogP contribution in [-0.4, -0.2) is 47.1 Å². The third kappa shape index (κ3) is 3.08. The molecule has 0 aromatic carbocycles. The average molecular weight is 252 g/mol. The molecule has 2 nitrogen and oxygen atoms in total. The summed E-state index contributed by atoms with van der Waals surface area (Å²) >= 11 is 0. The maximum Gasteiger partial charge on any atom is 0.0125 e. The van der Waals surface area contributed by atoms with Crippen molar-refractivity contribution >= 4 is 0 Å². The number of nitrogens with zero attached hydrogens (tertiary/aromatic N) is 2. The number of piperidine rings is 2. The Hall–Kier alpha value is -0.0800. The molecule has 0 aromatic rings. The predicted molar refractivity (Wildman–Crippen MR) is 78.9 cm³/mol. The fourth-order valence-corrected chi connectivity index (χ4v) is 3.56. The quantitative estimate of drug-likeness (QED) is 0.653. The van der Waals surface area contributed by atoms with Crippen molar-refractivity contribution in [3.05, 3.63) is 0 Å². The molecule has 106 valence electrons. The number of rotatable bonds is 0. The van der Waals surface area contributed by atoms with Gasteiger partial charge in [-0.15, -0.1) is 0 Å². The molecule has 0 saturated carbocycles. The predicted octanol–water partition coefficient (Wildman–Crippen LogP) is 3.23. The third-order valence-electron chi connectivity index (χ3n) is 5.01. The van der Waals surface area contributed by atoms with E-state index in [1.54, 1.807) is 0 Å². The molecule has 18 heavy (non-hydrogen) atoms. The number of hydrogen-bond acceptors (Lipinski definition) is 2. The number of likely N-dealkylation sites (tertiary alicyclic amines) is 2. The highest BCUT2D eigenvalue weighted by molar-refractivity contribution is 4.93. The van der Waals surface area contributed by atoms with Crippen molar-refractivity contribution in [2.45, 2.75) is 65.5 Å². The van der Waals surface area contributed by atoms with Crippen molar-refractivity contribution in [2.75, 3.05) is 26.2 Å². The Morgan fingerprint density at radius 3 is 1.28 bits per heavy atom. The molecular weight excluding hydrogens is 220 g/mol. The minimum atomic E-state index is 0.353. The summed E-state index contributed by atoms with van der Waals surface area (Å²) in [6.45, 7) is 19.4. The van der Waals surface area contributed by atoms with Crippen LogP contribution < -0.4 is 0 Å². The van der Waals surface area contributed by atoms with Gasteiger partial charge in [0.15, 0.2) is 0 Å². The molecule has 0 aliphatic carbocycles. The second-order valence-electron chi connectivity index (χ2n) is 8.33.